The lowest BCUT2D eigenvalue weighted by Crippen LogP contribution is -2.37. The number of hydrogen-bond acceptors (Lipinski definition) is 1. The second kappa shape index (κ2) is 7.16. The van der Waals surface area contributed by atoms with Gasteiger partial charge < -0.3 is 5.32 Å². The molecule has 1 amide bonds. The second-order valence-electron chi connectivity index (χ2n) is 6.40. The van der Waals surface area contributed by atoms with Crippen molar-refractivity contribution in [1.82, 2.24) is 5.32 Å². The molecule has 0 unspecified atom stereocenters. The summed E-state index contributed by atoms with van der Waals surface area (Å²) in [5.41, 5.74) is 0. The average molecular weight is 251 g/mol. The Labute approximate surface area is 112 Å². The van der Waals surface area contributed by atoms with Gasteiger partial charge in [0.1, 0.15) is 0 Å². The van der Waals surface area contributed by atoms with E-state index >= 15 is 0 Å². The number of nitrogens with one attached hydrogen (secondary N) is 1. The molecule has 0 heterocycles. The first kappa shape index (κ1) is 13.9. The van der Waals surface area contributed by atoms with Crippen molar-refractivity contribution in [3.05, 3.63) is 0 Å². The number of hydrogen-bond donors (Lipinski definition) is 1. The summed E-state index contributed by atoms with van der Waals surface area (Å²) in [4.78, 5) is 12.1. The molecule has 104 valence electrons. The van der Waals surface area contributed by atoms with Crippen LogP contribution < -0.4 is 5.32 Å². The zero-order valence-corrected chi connectivity index (χ0v) is 11.9. The molecule has 2 aliphatic rings. The van der Waals surface area contributed by atoms with Crippen LogP contribution >= 0.6 is 0 Å². The predicted molar refractivity (Wildman–Crippen MR) is 75.3 cm³/mol. The topological polar surface area (TPSA) is 29.1 Å². The molecule has 2 saturated carbocycles. The lowest BCUT2D eigenvalue weighted by atomic mass is 9.79. The number of carbonyl (C=O) groups is 1. The summed E-state index contributed by atoms with van der Waals surface area (Å²) in [5, 5.41) is 3.17. The van der Waals surface area contributed by atoms with Crippen molar-refractivity contribution in [3.8, 4) is 0 Å². The number of unbranched alkanes of at least 4 members (excludes halogenated alkanes) is 1. The number of amides is 1. The Morgan fingerprint density at radius 1 is 1.06 bits per heavy atom. The quantitative estimate of drug-likeness (QED) is 0.762. The van der Waals surface area contributed by atoms with Crippen LogP contribution in [0.25, 0.3) is 0 Å². The SMILES string of the molecule is CCCCC1CCC(C(=O)NCC2CCC2)CC1. The first-order chi connectivity index (χ1) is 8.79. The van der Waals surface area contributed by atoms with Gasteiger partial charge in [-0.25, -0.2) is 0 Å². The molecule has 0 radical (unpaired) electrons. The molecule has 2 rings (SSSR count). The highest BCUT2D eigenvalue weighted by molar-refractivity contribution is 5.78. The summed E-state index contributed by atoms with van der Waals surface area (Å²) in [6.45, 7) is 3.20. The highest BCUT2D eigenvalue weighted by atomic mass is 16.1. The smallest absolute Gasteiger partial charge is 0.223 e. The summed E-state index contributed by atoms with van der Waals surface area (Å²) in [6, 6.07) is 0. The molecule has 0 aliphatic heterocycles. The molecule has 0 spiro atoms. The Morgan fingerprint density at radius 3 is 2.33 bits per heavy atom. The minimum Gasteiger partial charge on any atom is -0.356 e. The maximum atomic E-state index is 12.1. The summed E-state index contributed by atoms with van der Waals surface area (Å²) in [6.07, 6.45) is 12.9. The highest BCUT2D eigenvalue weighted by Crippen LogP contribution is 2.32. The van der Waals surface area contributed by atoms with Crippen LogP contribution in [0.1, 0.15) is 71.1 Å². The largest absolute Gasteiger partial charge is 0.356 e. The van der Waals surface area contributed by atoms with Gasteiger partial charge in [-0.3, -0.25) is 4.79 Å². The lowest BCUT2D eigenvalue weighted by molar-refractivity contribution is -0.126. The minimum absolute atomic E-state index is 0.322. The molecule has 0 aromatic rings. The van der Waals surface area contributed by atoms with E-state index in [2.05, 4.69) is 12.2 Å². The monoisotopic (exact) mass is 251 g/mol. The Kier molecular flexibility index (Phi) is 5.52. The molecule has 0 bridgehead atoms. The van der Waals surface area contributed by atoms with Crippen LogP contribution in [-0.4, -0.2) is 12.5 Å². The summed E-state index contributed by atoms with van der Waals surface area (Å²) < 4.78 is 0. The zero-order valence-electron chi connectivity index (χ0n) is 11.9. The van der Waals surface area contributed by atoms with Gasteiger partial charge in [-0.2, -0.15) is 0 Å². The van der Waals surface area contributed by atoms with Crippen molar-refractivity contribution in [1.29, 1.82) is 0 Å². The third-order valence-electron chi connectivity index (χ3n) is 4.97. The molecule has 1 N–H and O–H groups in total. The van der Waals surface area contributed by atoms with Crippen LogP contribution in [0.4, 0.5) is 0 Å². The van der Waals surface area contributed by atoms with Crippen LogP contribution in [-0.2, 0) is 4.79 Å². The normalized spacial score (nSPS) is 28.7. The van der Waals surface area contributed by atoms with Crippen molar-refractivity contribution in [2.75, 3.05) is 6.54 Å². The van der Waals surface area contributed by atoms with Crippen LogP contribution in [0.3, 0.4) is 0 Å². The Hall–Kier alpha value is -0.530. The number of rotatable bonds is 6. The molecule has 2 fully saturated rings. The van der Waals surface area contributed by atoms with E-state index in [1.54, 1.807) is 0 Å². The molecule has 2 aliphatic carbocycles. The van der Waals surface area contributed by atoms with E-state index in [4.69, 9.17) is 0 Å². The van der Waals surface area contributed by atoms with Gasteiger partial charge in [0.15, 0.2) is 0 Å². The Bertz CT molecular complexity index is 252. The van der Waals surface area contributed by atoms with Gasteiger partial charge in [0, 0.05) is 12.5 Å². The molecule has 2 nitrogen and oxygen atoms in total. The van der Waals surface area contributed by atoms with Gasteiger partial charge in [-0.1, -0.05) is 32.6 Å². The van der Waals surface area contributed by atoms with Gasteiger partial charge in [0.25, 0.3) is 0 Å². The molecular weight excluding hydrogens is 222 g/mol. The van der Waals surface area contributed by atoms with Crippen molar-refractivity contribution in [2.24, 2.45) is 17.8 Å². The minimum atomic E-state index is 0.322. The van der Waals surface area contributed by atoms with E-state index in [0.717, 1.165) is 31.2 Å². The van der Waals surface area contributed by atoms with Crippen LogP contribution in [0.2, 0.25) is 0 Å². The van der Waals surface area contributed by atoms with E-state index in [1.165, 1.54) is 51.4 Å². The van der Waals surface area contributed by atoms with Gasteiger partial charge in [0.05, 0.1) is 0 Å². The number of carbonyl (C=O) groups excluding carboxylic acids is 1. The molecular formula is C16H29NO. The molecule has 0 aromatic heterocycles. The Balaban J connectivity index is 1.60. The van der Waals surface area contributed by atoms with Gasteiger partial charge in [-0.05, 0) is 50.4 Å². The molecule has 0 aromatic carbocycles. The van der Waals surface area contributed by atoms with Gasteiger partial charge in [-0.15, -0.1) is 0 Å². The standard InChI is InChI=1S/C16H29NO/c1-2-3-5-13-8-10-15(11-9-13)16(18)17-12-14-6-4-7-14/h13-15H,2-12H2,1H3,(H,17,18). The van der Waals surface area contributed by atoms with Crippen molar-refractivity contribution < 1.29 is 4.79 Å². The summed E-state index contributed by atoms with van der Waals surface area (Å²) in [7, 11) is 0. The highest BCUT2D eigenvalue weighted by Gasteiger charge is 2.26. The fourth-order valence-electron chi connectivity index (χ4n) is 3.29. The van der Waals surface area contributed by atoms with E-state index < -0.39 is 0 Å². The molecule has 0 atom stereocenters. The van der Waals surface area contributed by atoms with Gasteiger partial charge in [0.2, 0.25) is 5.91 Å². The third kappa shape index (κ3) is 4.00. The lowest BCUT2D eigenvalue weighted by Gasteiger charge is -2.30. The fraction of sp³-hybridized carbons (Fsp3) is 0.938. The van der Waals surface area contributed by atoms with Crippen LogP contribution in [0, 0.1) is 17.8 Å². The molecule has 0 saturated heterocycles. The van der Waals surface area contributed by atoms with Crippen molar-refractivity contribution in [2.45, 2.75) is 71.1 Å². The third-order valence-corrected chi connectivity index (χ3v) is 4.97. The fourth-order valence-corrected chi connectivity index (χ4v) is 3.29. The first-order valence-electron chi connectivity index (χ1n) is 8.07. The second-order valence-corrected chi connectivity index (χ2v) is 6.40. The zero-order chi connectivity index (χ0) is 12.8. The van der Waals surface area contributed by atoms with E-state index in [-0.39, 0.29) is 0 Å². The van der Waals surface area contributed by atoms with E-state index in [1.807, 2.05) is 0 Å². The molecule has 2 heteroatoms. The average Bonchev–Trinajstić information content (AvgIpc) is 2.35. The van der Waals surface area contributed by atoms with Crippen molar-refractivity contribution >= 4 is 5.91 Å². The van der Waals surface area contributed by atoms with E-state index in [0.29, 0.717) is 11.8 Å². The van der Waals surface area contributed by atoms with Gasteiger partial charge >= 0.3 is 0 Å². The van der Waals surface area contributed by atoms with Crippen LogP contribution in [0.5, 0.6) is 0 Å². The van der Waals surface area contributed by atoms with E-state index in [9.17, 15) is 4.79 Å². The van der Waals surface area contributed by atoms with Crippen LogP contribution in [0.15, 0.2) is 0 Å². The first-order valence-corrected chi connectivity index (χ1v) is 8.07. The maximum absolute atomic E-state index is 12.1. The maximum Gasteiger partial charge on any atom is 0.223 e. The molecule has 18 heavy (non-hydrogen) atoms. The van der Waals surface area contributed by atoms with Crippen molar-refractivity contribution in [3.63, 3.8) is 0 Å². The predicted octanol–water partition coefficient (Wildman–Crippen LogP) is 3.90. The Morgan fingerprint density at radius 2 is 1.78 bits per heavy atom. The summed E-state index contributed by atoms with van der Waals surface area (Å²) >= 11 is 0. The summed E-state index contributed by atoms with van der Waals surface area (Å²) in [5.74, 6) is 2.36.